The third-order valence-corrected chi connectivity index (χ3v) is 2.42. The van der Waals surface area contributed by atoms with Crippen LogP contribution < -0.4 is 9.47 Å². The molecule has 0 unspecified atom stereocenters. The van der Waals surface area contributed by atoms with Crippen molar-refractivity contribution in [2.24, 2.45) is 0 Å². The molecule has 0 spiro atoms. The first-order valence-corrected chi connectivity index (χ1v) is 5.89. The van der Waals surface area contributed by atoms with Gasteiger partial charge >= 0.3 is 5.97 Å². The van der Waals surface area contributed by atoms with Crippen molar-refractivity contribution in [2.45, 2.75) is 0 Å². The zero-order valence-electron chi connectivity index (χ0n) is 11.4. The Morgan fingerprint density at radius 3 is 2.74 bits per heavy atom. The average Bonchev–Trinajstić information content (AvgIpc) is 2.36. The van der Waals surface area contributed by atoms with Gasteiger partial charge in [-0.3, -0.25) is 0 Å². The van der Waals surface area contributed by atoms with Crippen LogP contribution in [-0.4, -0.2) is 50.3 Å². The van der Waals surface area contributed by atoms with E-state index in [4.69, 9.17) is 14.6 Å². The van der Waals surface area contributed by atoms with Gasteiger partial charge in [-0.05, 0) is 38.4 Å². The molecule has 1 rings (SSSR count). The molecule has 104 valence electrons. The Labute approximate surface area is 113 Å². The van der Waals surface area contributed by atoms with Gasteiger partial charge < -0.3 is 19.5 Å². The minimum Gasteiger partial charge on any atom is -0.497 e. The molecule has 0 saturated carbocycles. The number of aliphatic carboxylic acids is 1. The van der Waals surface area contributed by atoms with Gasteiger partial charge in [-0.2, -0.15) is 0 Å². The van der Waals surface area contributed by atoms with E-state index < -0.39 is 5.97 Å². The van der Waals surface area contributed by atoms with Crippen molar-refractivity contribution >= 4 is 12.0 Å². The minimum absolute atomic E-state index is 0.535. The molecule has 0 radical (unpaired) electrons. The third kappa shape index (κ3) is 5.44. The van der Waals surface area contributed by atoms with Gasteiger partial charge in [0.1, 0.15) is 18.1 Å². The lowest BCUT2D eigenvalue weighted by Gasteiger charge is -2.13. The Kier molecular flexibility index (Phi) is 5.89. The van der Waals surface area contributed by atoms with E-state index in [0.29, 0.717) is 23.7 Å². The number of hydrogen-bond acceptors (Lipinski definition) is 4. The van der Waals surface area contributed by atoms with Crippen LogP contribution in [0.4, 0.5) is 0 Å². The van der Waals surface area contributed by atoms with E-state index in [2.05, 4.69) is 0 Å². The molecule has 1 aromatic carbocycles. The van der Waals surface area contributed by atoms with E-state index in [-0.39, 0.29) is 0 Å². The first kappa shape index (κ1) is 15.0. The summed E-state index contributed by atoms with van der Waals surface area (Å²) in [4.78, 5) is 12.6. The predicted octanol–water partition coefficient (Wildman–Crippen LogP) is 1.73. The summed E-state index contributed by atoms with van der Waals surface area (Å²) in [6.07, 6.45) is 2.57. The minimum atomic E-state index is -0.998. The normalized spacial score (nSPS) is 10.9. The number of carboxylic acid groups (broad SMARTS) is 1. The van der Waals surface area contributed by atoms with Gasteiger partial charge in [0, 0.05) is 18.2 Å². The Hall–Kier alpha value is -2.01. The monoisotopic (exact) mass is 265 g/mol. The molecule has 19 heavy (non-hydrogen) atoms. The summed E-state index contributed by atoms with van der Waals surface area (Å²) in [5, 5.41) is 8.68. The van der Waals surface area contributed by atoms with Crippen LogP contribution in [-0.2, 0) is 4.79 Å². The van der Waals surface area contributed by atoms with Gasteiger partial charge in [-0.1, -0.05) is 0 Å². The van der Waals surface area contributed by atoms with E-state index in [1.54, 1.807) is 25.3 Å². The molecule has 0 aliphatic rings. The maximum atomic E-state index is 10.6. The van der Waals surface area contributed by atoms with Gasteiger partial charge in [-0.25, -0.2) is 4.79 Å². The molecule has 0 aliphatic carbocycles. The first-order chi connectivity index (χ1) is 9.02. The highest BCUT2D eigenvalue weighted by molar-refractivity contribution is 5.86. The number of hydrogen-bond donors (Lipinski definition) is 1. The second-order valence-electron chi connectivity index (χ2n) is 4.23. The summed E-state index contributed by atoms with van der Waals surface area (Å²) in [5.41, 5.74) is 0.681. The van der Waals surface area contributed by atoms with Crippen LogP contribution in [0.5, 0.6) is 11.5 Å². The van der Waals surface area contributed by atoms with Crippen LogP contribution in [0.1, 0.15) is 5.56 Å². The second kappa shape index (κ2) is 7.43. The highest BCUT2D eigenvalue weighted by atomic mass is 16.5. The van der Waals surface area contributed by atoms with Crippen LogP contribution in [0.3, 0.4) is 0 Å². The number of likely N-dealkylation sites (N-methyl/N-ethyl adjacent to an activating group) is 1. The molecule has 5 nitrogen and oxygen atoms in total. The Morgan fingerprint density at radius 1 is 1.42 bits per heavy atom. The van der Waals surface area contributed by atoms with Crippen LogP contribution in [0.15, 0.2) is 24.3 Å². The standard InChI is InChI=1S/C14H19NO4/c1-15(2)8-9-19-13-6-5-12(18-3)10-11(13)4-7-14(16)17/h4-7,10H,8-9H2,1-3H3,(H,16,17)/b7-4+. The molecule has 0 aromatic heterocycles. The number of carboxylic acids is 1. The van der Waals surface area contributed by atoms with E-state index in [0.717, 1.165) is 12.6 Å². The highest BCUT2D eigenvalue weighted by Gasteiger charge is 2.04. The summed E-state index contributed by atoms with van der Waals surface area (Å²) in [6.45, 7) is 1.32. The molecular weight excluding hydrogens is 246 g/mol. The fourth-order valence-corrected chi connectivity index (χ4v) is 1.41. The number of rotatable bonds is 7. The van der Waals surface area contributed by atoms with Gasteiger partial charge in [0.15, 0.2) is 0 Å². The molecule has 0 atom stereocenters. The fourth-order valence-electron chi connectivity index (χ4n) is 1.41. The predicted molar refractivity (Wildman–Crippen MR) is 73.7 cm³/mol. The van der Waals surface area contributed by atoms with Gasteiger partial charge in [0.2, 0.25) is 0 Å². The summed E-state index contributed by atoms with van der Waals surface area (Å²) in [5.74, 6) is 0.298. The second-order valence-corrected chi connectivity index (χ2v) is 4.23. The number of ether oxygens (including phenoxy) is 2. The maximum Gasteiger partial charge on any atom is 0.328 e. The quantitative estimate of drug-likeness (QED) is 0.761. The summed E-state index contributed by atoms with van der Waals surface area (Å²) in [6, 6.07) is 5.30. The summed E-state index contributed by atoms with van der Waals surface area (Å²) >= 11 is 0. The van der Waals surface area contributed by atoms with E-state index in [1.807, 2.05) is 19.0 Å². The van der Waals surface area contributed by atoms with Crippen molar-refractivity contribution in [3.05, 3.63) is 29.8 Å². The lowest BCUT2D eigenvalue weighted by molar-refractivity contribution is -0.131. The lowest BCUT2D eigenvalue weighted by Crippen LogP contribution is -2.19. The maximum absolute atomic E-state index is 10.6. The van der Waals surface area contributed by atoms with Crippen molar-refractivity contribution in [1.82, 2.24) is 4.90 Å². The topological polar surface area (TPSA) is 59.0 Å². The Balaban J connectivity index is 2.85. The van der Waals surface area contributed by atoms with Crippen LogP contribution in [0.2, 0.25) is 0 Å². The molecule has 0 aliphatic heterocycles. The SMILES string of the molecule is COc1ccc(OCCN(C)C)c(/C=C/C(=O)O)c1. The summed E-state index contributed by atoms with van der Waals surface area (Å²) < 4.78 is 10.8. The third-order valence-electron chi connectivity index (χ3n) is 2.42. The van der Waals surface area contributed by atoms with Crippen LogP contribution >= 0.6 is 0 Å². The largest absolute Gasteiger partial charge is 0.497 e. The number of carbonyl (C=O) groups is 1. The van der Waals surface area contributed by atoms with Crippen molar-refractivity contribution in [3.8, 4) is 11.5 Å². The van der Waals surface area contributed by atoms with Crippen LogP contribution in [0, 0.1) is 0 Å². The van der Waals surface area contributed by atoms with Gasteiger partial charge in [0.25, 0.3) is 0 Å². The van der Waals surface area contributed by atoms with E-state index in [1.165, 1.54) is 6.08 Å². The molecule has 0 amide bonds. The zero-order valence-corrected chi connectivity index (χ0v) is 11.4. The van der Waals surface area contributed by atoms with E-state index >= 15 is 0 Å². The van der Waals surface area contributed by atoms with Crippen molar-refractivity contribution < 1.29 is 19.4 Å². The van der Waals surface area contributed by atoms with Crippen molar-refractivity contribution in [3.63, 3.8) is 0 Å². The molecule has 0 fully saturated rings. The average molecular weight is 265 g/mol. The van der Waals surface area contributed by atoms with Gasteiger partial charge in [-0.15, -0.1) is 0 Å². The fraction of sp³-hybridized carbons (Fsp3) is 0.357. The molecule has 0 saturated heterocycles. The zero-order chi connectivity index (χ0) is 14.3. The number of benzene rings is 1. The van der Waals surface area contributed by atoms with E-state index in [9.17, 15) is 4.79 Å². The first-order valence-electron chi connectivity index (χ1n) is 5.89. The number of methoxy groups -OCH3 is 1. The Bertz CT molecular complexity index is 455. The van der Waals surface area contributed by atoms with Crippen molar-refractivity contribution in [1.29, 1.82) is 0 Å². The lowest BCUT2D eigenvalue weighted by atomic mass is 10.1. The molecule has 5 heteroatoms. The highest BCUT2D eigenvalue weighted by Crippen LogP contribution is 2.25. The Morgan fingerprint density at radius 2 is 2.16 bits per heavy atom. The molecule has 0 heterocycles. The molecule has 0 bridgehead atoms. The van der Waals surface area contributed by atoms with Crippen LogP contribution in [0.25, 0.3) is 6.08 Å². The molecule has 1 N–H and O–H groups in total. The summed E-state index contributed by atoms with van der Waals surface area (Å²) in [7, 11) is 5.48. The number of nitrogens with zero attached hydrogens (tertiary/aromatic N) is 1. The molecule has 1 aromatic rings. The van der Waals surface area contributed by atoms with Gasteiger partial charge in [0.05, 0.1) is 7.11 Å². The molecular formula is C14H19NO4. The smallest absolute Gasteiger partial charge is 0.328 e. The van der Waals surface area contributed by atoms with Crippen molar-refractivity contribution in [2.75, 3.05) is 34.4 Å².